The van der Waals surface area contributed by atoms with Crippen molar-refractivity contribution in [3.63, 3.8) is 0 Å². The van der Waals surface area contributed by atoms with Gasteiger partial charge >= 0.3 is 0 Å². The Hall–Kier alpha value is -2.87. The topological polar surface area (TPSA) is 29.1 Å². The molecule has 2 nitrogen and oxygen atoms in total. The summed E-state index contributed by atoms with van der Waals surface area (Å²) in [6.07, 6.45) is 1.74. The molecule has 2 heteroatoms. The number of ketones is 1. The van der Waals surface area contributed by atoms with Gasteiger partial charge in [0.15, 0.2) is 5.78 Å². The van der Waals surface area contributed by atoms with E-state index < -0.39 is 0 Å². The van der Waals surface area contributed by atoms with E-state index in [9.17, 15) is 4.79 Å². The summed E-state index contributed by atoms with van der Waals surface area (Å²) in [4.78, 5) is 12.8. The monoisotopic (exact) mass is 299 g/mol. The van der Waals surface area contributed by atoms with Crippen LogP contribution in [0.1, 0.15) is 28.8 Å². The molecule has 0 bridgehead atoms. The first-order valence-electron chi connectivity index (χ1n) is 7.83. The third-order valence-corrected chi connectivity index (χ3v) is 4.51. The maximum absolute atomic E-state index is 12.8. The molecule has 3 aromatic carbocycles. The van der Waals surface area contributed by atoms with Crippen molar-refractivity contribution in [3.05, 3.63) is 89.6 Å². The van der Waals surface area contributed by atoms with Crippen LogP contribution in [-0.2, 0) is 0 Å². The van der Waals surface area contributed by atoms with E-state index in [0.29, 0.717) is 0 Å². The van der Waals surface area contributed by atoms with Crippen LogP contribution in [0, 0.1) is 0 Å². The first-order valence-corrected chi connectivity index (χ1v) is 7.83. The minimum atomic E-state index is 0.0453. The molecule has 1 unspecified atom stereocenters. The third kappa shape index (κ3) is 2.33. The number of benzene rings is 3. The predicted octanol–water partition coefficient (Wildman–Crippen LogP) is 5.14. The minimum absolute atomic E-state index is 0.0453. The fourth-order valence-corrected chi connectivity index (χ4v) is 3.24. The highest BCUT2D eigenvalue weighted by Gasteiger charge is 2.23. The number of carbonyl (C=O) groups excluding carboxylic acids is 1. The van der Waals surface area contributed by atoms with Gasteiger partial charge in [0.1, 0.15) is 0 Å². The van der Waals surface area contributed by atoms with E-state index in [1.54, 1.807) is 6.08 Å². The Morgan fingerprint density at radius 2 is 1.70 bits per heavy atom. The molecular weight excluding hydrogens is 282 g/mol. The molecule has 0 spiro atoms. The number of carbonyl (C=O) groups is 1. The van der Waals surface area contributed by atoms with Crippen molar-refractivity contribution in [1.29, 1.82) is 0 Å². The van der Waals surface area contributed by atoms with Crippen molar-refractivity contribution < 1.29 is 4.79 Å². The Bertz CT molecular complexity index is 934. The van der Waals surface area contributed by atoms with Crippen LogP contribution in [0.3, 0.4) is 0 Å². The van der Waals surface area contributed by atoms with Gasteiger partial charge in [0, 0.05) is 28.9 Å². The summed E-state index contributed by atoms with van der Waals surface area (Å²) in [6.45, 7) is 2.13. The number of para-hydroxylation sites is 1. The van der Waals surface area contributed by atoms with Crippen LogP contribution in [-0.4, -0.2) is 5.78 Å². The van der Waals surface area contributed by atoms with Crippen molar-refractivity contribution in [2.75, 3.05) is 5.32 Å². The number of nitrogens with one attached hydrogen (secondary N) is 1. The highest BCUT2D eigenvalue weighted by atomic mass is 16.1. The van der Waals surface area contributed by atoms with Crippen LogP contribution in [0.25, 0.3) is 10.8 Å². The molecule has 1 atom stereocenters. The lowest BCUT2D eigenvalue weighted by Gasteiger charge is -2.07. The average molecular weight is 299 g/mol. The lowest BCUT2D eigenvalue weighted by molar-refractivity contribution is 0.104. The summed E-state index contributed by atoms with van der Waals surface area (Å²) in [6, 6.07) is 22.1. The first-order chi connectivity index (χ1) is 11.2. The third-order valence-electron chi connectivity index (χ3n) is 4.51. The largest absolute Gasteiger partial charge is 0.358 e. The van der Waals surface area contributed by atoms with Gasteiger partial charge in [-0.25, -0.2) is 0 Å². The van der Waals surface area contributed by atoms with E-state index in [4.69, 9.17) is 0 Å². The van der Waals surface area contributed by atoms with E-state index >= 15 is 0 Å². The van der Waals surface area contributed by atoms with Gasteiger partial charge in [0.2, 0.25) is 0 Å². The van der Waals surface area contributed by atoms with Crippen molar-refractivity contribution in [3.8, 4) is 0 Å². The Morgan fingerprint density at radius 1 is 0.957 bits per heavy atom. The SMILES string of the molecule is CC1C(=CC(=O)c2cccc3ccccc23)Nc2ccccc21. The van der Waals surface area contributed by atoms with Gasteiger partial charge in [0.05, 0.1) is 0 Å². The number of hydrogen-bond acceptors (Lipinski definition) is 2. The quantitative estimate of drug-likeness (QED) is 0.524. The number of anilines is 1. The molecule has 0 fully saturated rings. The Balaban J connectivity index is 1.73. The molecule has 0 saturated heterocycles. The molecule has 0 aromatic heterocycles. The molecule has 1 aliphatic rings. The summed E-state index contributed by atoms with van der Waals surface area (Å²) in [5, 5.41) is 5.46. The van der Waals surface area contributed by atoms with Crippen molar-refractivity contribution in [2.45, 2.75) is 12.8 Å². The molecule has 0 radical (unpaired) electrons. The highest BCUT2D eigenvalue weighted by Crippen LogP contribution is 2.37. The second kappa shape index (κ2) is 5.40. The normalized spacial score (nSPS) is 18.0. The van der Waals surface area contributed by atoms with E-state index in [-0.39, 0.29) is 11.7 Å². The van der Waals surface area contributed by atoms with Gasteiger partial charge < -0.3 is 5.32 Å². The van der Waals surface area contributed by atoms with Crippen LogP contribution < -0.4 is 5.32 Å². The molecule has 0 amide bonds. The highest BCUT2D eigenvalue weighted by molar-refractivity contribution is 6.14. The zero-order valence-electron chi connectivity index (χ0n) is 12.9. The summed E-state index contributed by atoms with van der Waals surface area (Å²) < 4.78 is 0. The standard InChI is InChI=1S/C21H17NO/c1-14-16-9-4-5-12-19(16)22-20(14)13-21(23)18-11-6-8-15-7-2-3-10-17(15)18/h2-14,22H,1H3. The Kier molecular flexibility index (Phi) is 3.23. The van der Waals surface area contributed by atoms with Crippen LogP contribution in [0.4, 0.5) is 5.69 Å². The molecule has 0 aliphatic carbocycles. The van der Waals surface area contributed by atoms with Crippen molar-refractivity contribution in [1.82, 2.24) is 0 Å². The smallest absolute Gasteiger partial charge is 0.188 e. The van der Waals surface area contributed by atoms with Crippen LogP contribution in [0.15, 0.2) is 78.5 Å². The van der Waals surface area contributed by atoms with E-state index in [2.05, 4.69) is 24.4 Å². The number of hydrogen-bond donors (Lipinski definition) is 1. The van der Waals surface area contributed by atoms with Gasteiger partial charge in [-0.2, -0.15) is 0 Å². The second-order valence-electron chi connectivity index (χ2n) is 5.92. The zero-order valence-corrected chi connectivity index (χ0v) is 12.9. The van der Waals surface area contributed by atoms with Gasteiger partial charge in [-0.1, -0.05) is 67.6 Å². The van der Waals surface area contributed by atoms with E-state index in [1.165, 1.54) is 5.56 Å². The van der Waals surface area contributed by atoms with Gasteiger partial charge in [-0.05, 0) is 22.4 Å². The average Bonchev–Trinajstić information content (AvgIpc) is 2.90. The molecule has 1 N–H and O–H groups in total. The van der Waals surface area contributed by atoms with E-state index in [0.717, 1.165) is 27.7 Å². The number of allylic oxidation sites excluding steroid dienone is 2. The Labute approximate surface area is 135 Å². The lowest BCUT2D eigenvalue weighted by atomic mass is 9.97. The van der Waals surface area contributed by atoms with Crippen LogP contribution in [0.2, 0.25) is 0 Å². The molecule has 3 aromatic rings. The fraction of sp³-hybridized carbons (Fsp3) is 0.0952. The van der Waals surface area contributed by atoms with Gasteiger partial charge in [0.25, 0.3) is 0 Å². The summed E-state index contributed by atoms with van der Waals surface area (Å²) >= 11 is 0. The van der Waals surface area contributed by atoms with Gasteiger partial charge in [-0.15, -0.1) is 0 Å². The predicted molar refractivity (Wildman–Crippen MR) is 94.8 cm³/mol. The number of rotatable bonds is 2. The van der Waals surface area contributed by atoms with Crippen molar-refractivity contribution >= 4 is 22.2 Å². The maximum atomic E-state index is 12.8. The zero-order chi connectivity index (χ0) is 15.8. The second-order valence-corrected chi connectivity index (χ2v) is 5.92. The fourth-order valence-electron chi connectivity index (χ4n) is 3.24. The van der Waals surface area contributed by atoms with Crippen LogP contribution in [0.5, 0.6) is 0 Å². The molecule has 0 saturated carbocycles. The molecule has 23 heavy (non-hydrogen) atoms. The summed E-state index contributed by atoms with van der Waals surface area (Å²) in [7, 11) is 0. The minimum Gasteiger partial charge on any atom is -0.358 e. The Morgan fingerprint density at radius 3 is 2.57 bits per heavy atom. The maximum Gasteiger partial charge on any atom is 0.188 e. The van der Waals surface area contributed by atoms with E-state index in [1.807, 2.05) is 54.6 Å². The molecule has 4 rings (SSSR count). The first kappa shape index (κ1) is 13.8. The van der Waals surface area contributed by atoms with Crippen molar-refractivity contribution in [2.24, 2.45) is 0 Å². The molecule has 112 valence electrons. The summed E-state index contributed by atoms with van der Waals surface area (Å²) in [5.74, 6) is 0.258. The van der Waals surface area contributed by atoms with Gasteiger partial charge in [-0.3, -0.25) is 4.79 Å². The van der Waals surface area contributed by atoms with Crippen LogP contribution >= 0.6 is 0 Å². The molecule has 1 heterocycles. The molecule has 1 aliphatic heterocycles. The molecular formula is C21H17NO. The lowest BCUT2D eigenvalue weighted by Crippen LogP contribution is -2.03. The number of fused-ring (bicyclic) bond motifs is 2. The summed E-state index contributed by atoms with van der Waals surface area (Å²) in [5.41, 5.74) is 4.05.